The monoisotopic (exact) mass is 290 g/mol. The summed E-state index contributed by atoms with van der Waals surface area (Å²) >= 11 is 0. The van der Waals surface area contributed by atoms with E-state index in [1.54, 1.807) is 25.3 Å². The number of ether oxygens (including phenoxy) is 1. The van der Waals surface area contributed by atoms with Gasteiger partial charge >= 0.3 is 0 Å². The molecule has 1 aromatic heterocycles. The molecule has 0 amide bonds. The highest BCUT2D eigenvalue weighted by atomic mass is 19.1. The maximum Gasteiger partial charge on any atom is 0.230 e. The van der Waals surface area contributed by atoms with Gasteiger partial charge in [-0.25, -0.2) is 4.39 Å². The summed E-state index contributed by atoms with van der Waals surface area (Å²) in [5.74, 6) is 1.54. The van der Waals surface area contributed by atoms with E-state index in [2.05, 4.69) is 20.2 Å². The Balaban J connectivity index is 0.00000176. The number of rotatable bonds is 4. The lowest BCUT2D eigenvalue weighted by Crippen LogP contribution is -2.21. The number of methoxy groups -OCH3 is 1. The maximum atomic E-state index is 12.9. The van der Waals surface area contributed by atoms with Gasteiger partial charge in [-0.15, -0.1) is 0 Å². The fraction of sp³-hybridized carbons (Fsp3) is 0.333. The largest absolute Gasteiger partial charge is 0.481 e. The molecule has 3 rings (SSSR count). The van der Waals surface area contributed by atoms with Crippen LogP contribution in [0.1, 0.15) is 14.3 Å². The highest BCUT2D eigenvalue weighted by Crippen LogP contribution is 2.24. The molecular weight excluding hydrogens is 271 g/mol. The summed E-state index contributed by atoms with van der Waals surface area (Å²) in [5.41, 5.74) is 0.768. The lowest BCUT2D eigenvalue weighted by Gasteiger charge is -2.17. The lowest BCUT2D eigenvalue weighted by molar-refractivity contribution is 0.397. The second kappa shape index (κ2) is 5.95. The van der Waals surface area contributed by atoms with Gasteiger partial charge in [0.1, 0.15) is 11.6 Å². The number of nitrogens with one attached hydrogen (secondary N) is 1. The molecule has 1 saturated heterocycles. The molecular formula is C15H19FN4O. The molecule has 1 aliphatic heterocycles. The van der Waals surface area contributed by atoms with Gasteiger partial charge in [0.15, 0.2) is 0 Å². The van der Waals surface area contributed by atoms with Crippen molar-refractivity contribution in [1.82, 2.24) is 9.97 Å². The number of benzene rings is 1. The zero-order valence-corrected chi connectivity index (χ0v) is 11.8. The summed E-state index contributed by atoms with van der Waals surface area (Å²) in [6.07, 6.45) is 2.31. The smallest absolute Gasteiger partial charge is 0.230 e. The number of aromatic nitrogens is 2. The van der Waals surface area contributed by atoms with Gasteiger partial charge in [0.25, 0.3) is 0 Å². The van der Waals surface area contributed by atoms with Crippen molar-refractivity contribution in [2.45, 2.75) is 12.8 Å². The third kappa shape index (κ3) is 3.21. The van der Waals surface area contributed by atoms with Crippen LogP contribution in [0.2, 0.25) is 0 Å². The van der Waals surface area contributed by atoms with Gasteiger partial charge in [0.05, 0.1) is 7.11 Å². The van der Waals surface area contributed by atoms with Crippen LogP contribution in [-0.4, -0.2) is 30.2 Å². The van der Waals surface area contributed by atoms with Crippen LogP contribution in [0.3, 0.4) is 0 Å². The molecule has 1 aliphatic rings. The fourth-order valence-corrected chi connectivity index (χ4v) is 2.32. The van der Waals surface area contributed by atoms with Crippen molar-refractivity contribution in [3.8, 4) is 5.88 Å². The van der Waals surface area contributed by atoms with Crippen molar-refractivity contribution >= 4 is 17.5 Å². The Kier molecular flexibility index (Phi) is 3.85. The number of anilines is 3. The van der Waals surface area contributed by atoms with Crippen molar-refractivity contribution in [2.24, 2.45) is 0 Å². The predicted molar refractivity (Wildman–Crippen MR) is 81.8 cm³/mol. The Labute approximate surface area is 124 Å². The molecule has 6 heteroatoms. The highest BCUT2D eigenvalue weighted by Gasteiger charge is 2.17. The van der Waals surface area contributed by atoms with Crippen molar-refractivity contribution in [3.63, 3.8) is 0 Å². The third-order valence-corrected chi connectivity index (χ3v) is 3.41. The average molecular weight is 290 g/mol. The fourth-order valence-electron chi connectivity index (χ4n) is 2.32. The van der Waals surface area contributed by atoms with E-state index in [9.17, 15) is 4.39 Å². The van der Waals surface area contributed by atoms with Crippen LogP contribution in [0.15, 0.2) is 30.3 Å². The van der Waals surface area contributed by atoms with Gasteiger partial charge in [-0.3, -0.25) is 0 Å². The highest BCUT2D eigenvalue weighted by molar-refractivity contribution is 5.58. The molecule has 0 spiro atoms. The minimum Gasteiger partial charge on any atom is -0.481 e. The van der Waals surface area contributed by atoms with Crippen molar-refractivity contribution in [1.29, 1.82) is 0 Å². The van der Waals surface area contributed by atoms with Crippen molar-refractivity contribution in [3.05, 3.63) is 36.1 Å². The van der Waals surface area contributed by atoms with E-state index in [4.69, 9.17) is 4.74 Å². The van der Waals surface area contributed by atoms with Gasteiger partial charge < -0.3 is 15.0 Å². The van der Waals surface area contributed by atoms with Crippen LogP contribution in [0.4, 0.5) is 21.8 Å². The molecule has 0 radical (unpaired) electrons. The first-order chi connectivity index (χ1) is 10.2. The number of hydrogen-bond acceptors (Lipinski definition) is 5. The summed E-state index contributed by atoms with van der Waals surface area (Å²) in [6.45, 7) is 1.92. The average Bonchev–Trinajstić information content (AvgIpc) is 3.04. The molecule has 0 atom stereocenters. The minimum atomic E-state index is -0.265. The van der Waals surface area contributed by atoms with Crippen LogP contribution in [-0.2, 0) is 0 Å². The lowest BCUT2D eigenvalue weighted by atomic mass is 10.3. The van der Waals surface area contributed by atoms with Crippen LogP contribution < -0.4 is 15.0 Å². The van der Waals surface area contributed by atoms with E-state index in [0.29, 0.717) is 17.6 Å². The summed E-state index contributed by atoms with van der Waals surface area (Å²) in [7, 11) is 1.58. The normalized spacial score (nSPS) is 14.3. The quantitative estimate of drug-likeness (QED) is 0.937. The summed E-state index contributed by atoms with van der Waals surface area (Å²) in [4.78, 5) is 11.0. The van der Waals surface area contributed by atoms with Gasteiger partial charge in [-0.2, -0.15) is 9.97 Å². The molecule has 2 heterocycles. The molecule has 0 unspecified atom stereocenters. The third-order valence-electron chi connectivity index (χ3n) is 3.41. The molecule has 21 heavy (non-hydrogen) atoms. The molecule has 0 aliphatic carbocycles. The number of halogens is 1. The van der Waals surface area contributed by atoms with E-state index in [1.165, 1.54) is 12.1 Å². The van der Waals surface area contributed by atoms with Gasteiger partial charge in [0, 0.05) is 26.3 Å². The predicted octanol–water partition coefficient (Wildman–Crippen LogP) is 3.21. The topological polar surface area (TPSA) is 50.3 Å². The molecule has 0 bridgehead atoms. The van der Waals surface area contributed by atoms with Gasteiger partial charge in [-0.05, 0) is 37.1 Å². The van der Waals surface area contributed by atoms with E-state index >= 15 is 0 Å². The zero-order valence-electron chi connectivity index (χ0n) is 11.8. The van der Waals surface area contributed by atoms with E-state index < -0.39 is 0 Å². The molecule has 1 aromatic carbocycles. The Hall–Kier alpha value is -2.37. The van der Waals surface area contributed by atoms with E-state index in [0.717, 1.165) is 31.6 Å². The Bertz CT molecular complexity index is 617. The van der Waals surface area contributed by atoms with E-state index in [-0.39, 0.29) is 7.24 Å². The van der Waals surface area contributed by atoms with Gasteiger partial charge in [0.2, 0.25) is 11.8 Å². The summed E-state index contributed by atoms with van der Waals surface area (Å²) in [6, 6.07) is 7.87. The number of hydrogen-bond donors (Lipinski definition) is 1. The van der Waals surface area contributed by atoms with Crippen molar-refractivity contribution < 1.29 is 10.6 Å². The maximum absolute atomic E-state index is 12.9. The molecule has 1 N–H and O–H groups in total. The van der Waals surface area contributed by atoms with Crippen LogP contribution in [0, 0.1) is 5.82 Å². The molecule has 2 aromatic rings. The second-order valence-electron chi connectivity index (χ2n) is 4.92. The first-order valence-corrected chi connectivity index (χ1v) is 6.95. The molecule has 1 fully saturated rings. The standard InChI is InChI=1S/C15H17FN4O.H2/c1-21-14-10-13(17-12-6-4-11(16)5-7-12)18-15(19-14)20-8-2-3-9-20;/h4-7,10H,2-3,8-9H2,1H3,(H,17,18,19);1H. The first kappa shape index (κ1) is 13.6. The second-order valence-corrected chi connectivity index (χ2v) is 4.92. The molecule has 0 saturated carbocycles. The first-order valence-electron chi connectivity index (χ1n) is 6.95. The van der Waals surface area contributed by atoms with Crippen LogP contribution in [0.5, 0.6) is 5.88 Å². The van der Waals surface area contributed by atoms with E-state index in [1.807, 2.05) is 0 Å². The van der Waals surface area contributed by atoms with Crippen molar-refractivity contribution in [2.75, 3.05) is 30.4 Å². The Morgan fingerprint density at radius 3 is 2.57 bits per heavy atom. The number of nitrogens with zero attached hydrogens (tertiary/aromatic N) is 3. The zero-order chi connectivity index (χ0) is 14.7. The SMILES string of the molecule is COc1cc(Nc2ccc(F)cc2)nc(N2CCCC2)n1.[HH]. The van der Waals surface area contributed by atoms with Gasteiger partial charge in [-0.1, -0.05) is 0 Å². The molecule has 5 nitrogen and oxygen atoms in total. The summed E-state index contributed by atoms with van der Waals surface area (Å²) < 4.78 is 18.2. The Morgan fingerprint density at radius 2 is 1.90 bits per heavy atom. The van der Waals surface area contributed by atoms with Crippen LogP contribution in [0.25, 0.3) is 0 Å². The van der Waals surface area contributed by atoms with Crippen LogP contribution >= 0.6 is 0 Å². The summed E-state index contributed by atoms with van der Waals surface area (Å²) in [5, 5.41) is 3.15. The molecule has 112 valence electrons. The minimum absolute atomic E-state index is 0. The Morgan fingerprint density at radius 1 is 1.19 bits per heavy atom.